The number of hydrogen-bond donors (Lipinski definition) is 6. The van der Waals surface area contributed by atoms with Gasteiger partial charge in [-0.25, -0.2) is 0 Å². The normalized spacial score (nSPS) is 19.6. The van der Waals surface area contributed by atoms with Crippen LogP contribution in [-0.4, -0.2) is 99.6 Å². The van der Waals surface area contributed by atoms with E-state index in [-0.39, 0.29) is 19.4 Å². The lowest BCUT2D eigenvalue weighted by Gasteiger charge is -2.41. The topological polar surface area (TPSA) is 175 Å². The van der Waals surface area contributed by atoms with E-state index in [1.807, 2.05) is 6.08 Å². The SMILES string of the molecule is CCCCCC/C=C\CCCCCCCCC(O)C(=O)NC(COC1OC(CO)C(O)C(O)C1OC(=O)CCCCCCCCCCCCCCCCCCC)C(O)/C=C/CCCCCCCCCCCC. The molecule has 1 fully saturated rings. The van der Waals surface area contributed by atoms with E-state index in [9.17, 15) is 35.1 Å². The van der Waals surface area contributed by atoms with E-state index in [0.29, 0.717) is 12.8 Å². The average molecular weight is 1020 g/mol. The molecule has 1 rings (SSSR count). The van der Waals surface area contributed by atoms with Gasteiger partial charge in [0.2, 0.25) is 5.91 Å². The maximum absolute atomic E-state index is 13.4. The molecule has 6 N–H and O–H groups in total. The van der Waals surface area contributed by atoms with Gasteiger partial charge in [-0.3, -0.25) is 9.59 Å². The van der Waals surface area contributed by atoms with Crippen molar-refractivity contribution in [2.75, 3.05) is 13.2 Å². The Morgan fingerprint density at radius 3 is 1.36 bits per heavy atom. The van der Waals surface area contributed by atoms with Crippen molar-refractivity contribution >= 4 is 11.9 Å². The highest BCUT2D eigenvalue weighted by atomic mass is 16.7. The minimum atomic E-state index is -1.61. The van der Waals surface area contributed by atoms with Crippen molar-refractivity contribution in [3.05, 3.63) is 24.3 Å². The highest BCUT2D eigenvalue weighted by Crippen LogP contribution is 2.26. The second-order valence-electron chi connectivity index (χ2n) is 21.4. The number of unbranched alkanes of at least 4 members (excludes halogenated alkanes) is 36. The maximum atomic E-state index is 13.4. The molecule has 1 aliphatic rings. The molecule has 1 saturated heterocycles. The number of nitrogens with one attached hydrogen (secondary N) is 1. The molecule has 424 valence electrons. The van der Waals surface area contributed by atoms with E-state index in [0.717, 1.165) is 70.6 Å². The second kappa shape index (κ2) is 50.0. The quantitative estimate of drug-likeness (QED) is 0.0195. The van der Waals surface area contributed by atoms with Crippen molar-refractivity contribution in [1.29, 1.82) is 0 Å². The van der Waals surface area contributed by atoms with Gasteiger partial charge in [-0.2, -0.15) is 0 Å². The highest BCUT2D eigenvalue weighted by Gasteiger charge is 2.47. The van der Waals surface area contributed by atoms with Crippen LogP contribution >= 0.6 is 0 Å². The Bertz CT molecular complexity index is 1270. The van der Waals surface area contributed by atoms with Gasteiger partial charge in [0.05, 0.1) is 25.4 Å². The predicted molar refractivity (Wildman–Crippen MR) is 297 cm³/mol. The van der Waals surface area contributed by atoms with E-state index in [1.54, 1.807) is 6.08 Å². The van der Waals surface area contributed by atoms with Crippen molar-refractivity contribution in [2.24, 2.45) is 0 Å². The van der Waals surface area contributed by atoms with Crippen LogP contribution in [-0.2, 0) is 23.8 Å². The van der Waals surface area contributed by atoms with Gasteiger partial charge < -0.3 is 45.1 Å². The number of aliphatic hydroxyl groups is 5. The van der Waals surface area contributed by atoms with E-state index in [4.69, 9.17) is 14.2 Å². The second-order valence-corrected chi connectivity index (χ2v) is 21.4. The molecule has 72 heavy (non-hydrogen) atoms. The van der Waals surface area contributed by atoms with Gasteiger partial charge in [-0.05, 0) is 51.4 Å². The third-order valence-electron chi connectivity index (χ3n) is 14.6. The number of carbonyl (C=O) groups is 2. The Hall–Kier alpha value is -1.86. The lowest BCUT2D eigenvalue weighted by Crippen LogP contribution is -2.61. The maximum Gasteiger partial charge on any atom is 0.306 e. The van der Waals surface area contributed by atoms with Crippen molar-refractivity contribution in [1.82, 2.24) is 5.32 Å². The average Bonchev–Trinajstić information content (AvgIpc) is 3.38. The molecule has 0 saturated carbocycles. The number of aliphatic hydroxyl groups excluding tert-OH is 5. The van der Waals surface area contributed by atoms with Crippen LogP contribution in [0, 0.1) is 0 Å². The van der Waals surface area contributed by atoms with Crippen molar-refractivity contribution in [2.45, 2.75) is 339 Å². The first-order chi connectivity index (χ1) is 35.2. The zero-order valence-corrected chi connectivity index (χ0v) is 46.8. The fourth-order valence-electron chi connectivity index (χ4n) is 9.71. The Morgan fingerprint density at radius 2 is 0.917 bits per heavy atom. The fraction of sp³-hybridized carbons (Fsp3) is 0.902. The molecule has 1 amide bonds. The summed E-state index contributed by atoms with van der Waals surface area (Å²) in [6.45, 7) is 5.79. The van der Waals surface area contributed by atoms with Gasteiger partial charge in [-0.15, -0.1) is 0 Å². The van der Waals surface area contributed by atoms with Crippen molar-refractivity contribution in [3.8, 4) is 0 Å². The number of amides is 1. The van der Waals surface area contributed by atoms with Gasteiger partial charge in [0.15, 0.2) is 12.4 Å². The molecule has 0 radical (unpaired) electrons. The number of rotatable bonds is 52. The number of carbonyl (C=O) groups excluding carboxylic acids is 2. The lowest BCUT2D eigenvalue weighted by molar-refractivity contribution is -0.305. The molecule has 0 aromatic carbocycles. The molecule has 11 nitrogen and oxygen atoms in total. The van der Waals surface area contributed by atoms with Crippen LogP contribution in [0.2, 0.25) is 0 Å². The van der Waals surface area contributed by atoms with E-state index >= 15 is 0 Å². The molecule has 0 aromatic heterocycles. The number of ether oxygens (including phenoxy) is 3. The zero-order valence-electron chi connectivity index (χ0n) is 46.8. The van der Waals surface area contributed by atoms with Crippen LogP contribution < -0.4 is 5.32 Å². The summed E-state index contributed by atoms with van der Waals surface area (Å²) in [7, 11) is 0. The first-order valence-corrected chi connectivity index (χ1v) is 30.6. The third kappa shape index (κ3) is 37.8. The summed E-state index contributed by atoms with van der Waals surface area (Å²) < 4.78 is 17.6. The summed E-state index contributed by atoms with van der Waals surface area (Å²) >= 11 is 0. The van der Waals surface area contributed by atoms with Crippen LogP contribution in [0.5, 0.6) is 0 Å². The summed E-state index contributed by atoms with van der Waals surface area (Å²) in [6, 6.07) is -1.02. The van der Waals surface area contributed by atoms with E-state index < -0.39 is 67.4 Å². The summed E-state index contributed by atoms with van der Waals surface area (Å²) in [4.78, 5) is 26.5. The third-order valence-corrected chi connectivity index (χ3v) is 14.6. The van der Waals surface area contributed by atoms with Gasteiger partial charge >= 0.3 is 5.97 Å². The van der Waals surface area contributed by atoms with Crippen LogP contribution in [0.1, 0.15) is 290 Å². The van der Waals surface area contributed by atoms with E-state index in [2.05, 4.69) is 38.2 Å². The summed E-state index contributed by atoms with van der Waals surface area (Å²) in [5.41, 5.74) is 0. The fourth-order valence-corrected chi connectivity index (χ4v) is 9.71. The van der Waals surface area contributed by atoms with Gasteiger partial charge in [0.25, 0.3) is 0 Å². The Labute approximate surface area is 441 Å². The number of esters is 1. The smallest absolute Gasteiger partial charge is 0.306 e. The minimum Gasteiger partial charge on any atom is -0.454 e. The minimum absolute atomic E-state index is 0.129. The zero-order chi connectivity index (χ0) is 52.5. The molecule has 8 atom stereocenters. The Balaban J connectivity index is 2.68. The largest absolute Gasteiger partial charge is 0.454 e. The summed E-state index contributed by atoms with van der Waals surface area (Å²) in [5.74, 6) is -1.19. The molecule has 1 heterocycles. The standard InChI is InChI=1S/C61H115NO10/c1-4-7-10-13-16-19-22-25-27-28-29-31-34-37-40-43-46-49-56(66)72-59-58(68)57(67)55(50-63)71-61(59)70-51-52(53(64)47-44-41-38-35-32-24-21-18-15-12-9-6-3)62-60(69)54(65)48-45-42-39-36-33-30-26-23-20-17-14-11-8-5-2/h20,23,44,47,52-55,57-59,61,63-65,67-68H,4-19,21-22,24-43,45-46,48-51H2,1-3H3,(H,62,69)/b23-20-,47-44+. The predicted octanol–water partition coefficient (Wildman–Crippen LogP) is 14.1. The van der Waals surface area contributed by atoms with Crippen LogP contribution in [0.4, 0.5) is 0 Å². The van der Waals surface area contributed by atoms with E-state index in [1.165, 1.54) is 173 Å². The molecule has 1 aliphatic heterocycles. The molecule has 11 heteroatoms. The molecular weight excluding hydrogens is 907 g/mol. The number of hydrogen-bond acceptors (Lipinski definition) is 10. The molecule has 0 aromatic rings. The number of allylic oxidation sites excluding steroid dienone is 3. The van der Waals surface area contributed by atoms with Crippen molar-refractivity contribution < 1.29 is 49.3 Å². The van der Waals surface area contributed by atoms with Crippen LogP contribution in [0.3, 0.4) is 0 Å². The molecule has 0 spiro atoms. The summed E-state index contributed by atoms with van der Waals surface area (Å²) in [5, 5.41) is 56.9. The molecule has 0 bridgehead atoms. The molecular formula is C61H115NO10. The monoisotopic (exact) mass is 1020 g/mol. The Kier molecular flexibility index (Phi) is 47.3. The van der Waals surface area contributed by atoms with Crippen LogP contribution in [0.15, 0.2) is 24.3 Å². The lowest BCUT2D eigenvalue weighted by atomic mass is 9.99. The highest BCUT2D eigenvalue weighted by molar-refractivity contribution is 5.80. The van der Waals surface area contributed by atoms with Gasteiger partial charge in [0.1, 0.15) is 24.4 Å². The first kappa shape index (κ1) is 68.2. The van der Waals surface area contributed by atoms with Gasteiger partial charge in [0, 0.05) is 6.42 Å². The molecule has 8 unspecified atom stereocenters. The summed E-state index contributed by atoms with van der Waals surface area (Å²) in [6.07, 6.45) is 46.4. The Morgan fingerprint density at radius 1 is 0.528 bits per heavy atom. The first-order valence-electron chi connectivity index (χ1n) is 30.6. The van der Waals surface area contributed by atoms with Gasteiger partial charge in [-0.1, -0.05) is 257 Å². The molecule has 0 aliphatic carbocycles. The van der Waals surface area contributed by atoms with Crippen LogP contribution in [0.25, 0.3) is 0 Å². The van der Waals surface area contributed by atoms with Crippen molar-refractivity contribution in [3.63, 3.8) is 0 Å².